The molecule has 2 rings (SSSR count). The van der Waals surface area contributed by atoms with E-state index in [-0.39, 0.29) is 12.5 Å². The molecule has 4 heteroatoms. The minimum absolute atomic E-state index is 0.0327. The minimum atomic E-state index is -0.142. The maximum Gasteiger partial charge on any atom is 0.272 e. The number of carbonyl (C=O) groups is 1. The van der Waals surface area contributed by atoms with Gasteiger partial charge in [0.25, 0.3) is 5.91 Å². The summed E-state index contributed by atoms with van der Waals surface area (Å²) in [5, 5.41) is 11.9. The summed E-state index contributed by atoms with van der Waals surface area (Å²) in [5.41, 5.74) is 2.10. The van der Waals surface area contributed by atoms with Crippen molar-refractivity contribution in [1.29, 1.82) is 0 Å². The van der Waals surface area contributed by atoms with Gasteiger partial charge in [0.15, 0.2) is 0 Å². The van der Waals surface area contributed by atoms with Crippen LogP contribution in [0.3, 0.4) is 0 Å². The Morgan fingerprint density at radius 2 is 2.17 bits per heavy atom. The van der Waals surface area contributed by atoms with Crippen LogP contribution in [0.25, 0.3) is 0 Å². The zero-order valence-electron chi connectivity index (χ0n) is 10.3. The molecular weight excluding hydrogens is 228 g/mol. The highest BCUT2D eigenvalue weighted by molar-refractivity contribution is 6.03. The van der Waals surface area contributed by atoms with Crippen LogP contribution < -0.4 is 5.32 Å². The molecule has 4 nitrogen and oxygen atoms in total. The maximum absolute atomic E-state index is 12.1. The fourth-order valence-corrected chi connectivity index (χ4v) is 1.84. The normalized spacial score (nSPS) is 10.3. The van der Waals surface area contributed by atoms with Gasteiger partial charge in [-0.25, -0.2) is 0 Å². The quantitative estimate of drug-likeness (QED) is 0.866. The lowest BCUT2D eigenvalue weighted by molar-refractivity contribution is 0.101. The minimum Gasteiger partial charge on any atom is -0.392 e. The second kappa shape index (κ2) is 5.51. The summed E-state index contributed by atoms with van der Waals surface area (Å²) in [7, 11) is 0. The van der Waals surface area contributed by atoms with E-state index in [1.54, 1.807) is 24.3 Å². The van der Waals surface area contributed by atoms with Crippen LogP contribution in [0, 0.1) is 0 Å². The molecule has 0 saturated carbocycles. The summed E-state index contributed by atoms with van der Waals surface area (Å²) in [6.45, 7) is 2.71. The summed E-state index contributed by atoms with van der Waals surface area (Å²) in [5.74, 6) is -0.142. The molecule has 0 unspecified atom stereocenters. The molecule has 2 aromatic rings. The predicted molar refractivity (Wildman–Crippen MR) is 70.4 cm³/mol. The fraction of sp³-hybridized carbons (Fsp3) is 0.214. The van der Waals surface area contributed by atoms with Crippen LogP contribution >= 0.6 is 0 Å². The molecule has 0 radical (unpaired) electrons. The molecule has 0 atom stereocenters. The Bertz CT molecular complexity index is 546. The van der Waals surface area contributed by atoms with Gasteiger partial charge >= 0.3 is 0 Å². The van der Waals surface area contributed by atoms with Crippen LogP contribution in [0.1, 0.15) is 23.0 Å². The topological polar surface area (TPSA) is 54.3 Å². The monoisotopic (exact) mass is 244 g/mol. The average Bonchev–Trinajstić information content (AvgIpc) is 2.87. The molecule has 0 fully saturated rings. The third-order valence-corrected chi connectivity index (χ3v) is 2.77. The summed E-state index contributed by atoms with van der Waals surface area (Å²) in [6.07, 6.45) is 1.87. The smallest absolute Gasteiger partial charge is 0.272 e. The van der Waals surface area contributed by atoms with E-state index in [1.165, 1.54) is 0 Å². The summed E-state index contributed by atoms with van der Waals surface area (Å²) in [4.78, 5) is 12.1. The van der Waals surface area contributed by atoms with Crippen molar-refractivity contribution >= 4 is 11.6 Å². The van der Waals surface area contributed by atoms with Crippen LogP contribution in [0.15, 0.2) is 42.6 Å². The van der Waals surface area contributed by atoms with Crippen molar-refractivity contribution in [3.05, 3.63) is 53.9 Å². The van der Waals surface area contributed by atoms with E-state index >= 15 is 0 Å². The Morgan fingerprint density at radius 1 is 1.33 bits per heavy atom. The molecule has 1 aromatic heterocycles. The Hall–Kier alpha value is -2.07. The van der Waals surface area contributed by atoms with Gasteiger partial charge in [-0.05, 0) is 36.8 Å². The Balaban J connectivity index is 2.16. The average molecular weight is 244 g/mol. The van der Waals surface area contributed by atoms with Crippen molar-refractivity contribution in [2.75, 3.05) is 5.32 Å². The molecule has 2 N–H and O–H groups in total. The highest BCUT2D eigenvalue weighted by Gasteiger charge is 2.10. The first-order chi connectivity index (χ1) is 8.74. The van der Waals surface area contributed by atoms with E-state index in [9.17, 15) is 4.79 Å². The molecule has 0 saturated heterocycles. The molecule has 94 valence electrons. The number of aliphatic hydroxyl groups excluding tert-OH is 1. The van der Waals surface area contributed by atoms with Crippen molar-refractivity contribution in [2.24, 2.45) is 0 Å². The first-order valence-electron chi connectivity index (χ1n) is 5.91. The van der Waals surface area contributed by atoms with Crippen LogP contribution in [0.5, 0.6) is 0 Å². The van der Waals surface area contributed by atoms with Gasteiger partial charge in [-0.2, -0.15) is 0 Å². The molecule has 1 heterocycles. The molecule has 0 bridgehead atoms. The van der Waals surface area contributed by atoms with Gasteiger partial charge in [0.05, 0.1) is 6.61 Å². The van der Waals surface area contributed by atoms with Crippen LogP contribution in [-0.4, -0.2) is 15.6 Å². The van der Waals surface area contributed by atoms with Gasteiger partial charge in [0.1, 0.15) is 5.69 Å². The number of rotatable bonds is 4. The van der Waals surface area contributed by atoms with Crippen LogP contribution in [0.2, 0.25) is 0 Å². The first-order valence-corrected chi connectivity index (χ1v) is 5.91. The molecule has 1 aromatic carbocycles. The van der Waals surface area contributed by atoms with Crippen LogP contribution in [0.4, 0.5) is 5.69 Å². The number of anilines is 1. The number of nitrogens with one attached hydrogen (secondary N) is 1. The lowest BCUT2D eigenvalue weighted by Gasteiger charge is -2.08. The van der Waals surface area contributed by atoms with Crippen molar-refractivity contribution in [2.45, 2.75) is 20.1 Å². The van der Waals surface area contributed by atoms with Gasteiger partial charge < -0.3 is 15.0 Å². The van der Waals surface area contributed by atoms with E-state index in [0.717, 1.165) is 12.1 Å². The number of hydrogen-bond donors (Lipinski definition) is 2. The van der Waals surface area contributed by atoms with Gasteiger partial charge in [0.2, 0.25) is 0 Å². The summed E-state index contributed by atoms with van der Waals surface area (Å²) in [6, 6.07) is 10.8. The number of amides is 1. The van der Waals surface area contributed by atoms with Crippen LogP contribution in [-0.2, 0) is 13.2 Å². The second-order valence-electron chi connectivity index (χ2n) is 3.99. The third kappa shape index (κ3) is 2.60. The van der Waals surface area contributed by atoms with Crippen molar-refractivity contribution in [3.63, 3.8) is 0 Å². The predicted octanol–water partition coefficient (Wildman–Crippen LogP) is 2.25. The molecule has 0 spiro atoms. The number of hydrogen-bond acceptors (Lipinski definition) is 2. The third-order valence-electron chi connectivity index (χ3n) is 2.77. The highest BCUT2D eigenvalue weighted by atomic mass is 16.3. The van der Waals surface area contributed by atoms with E-state index in [2.05, 4.69) is 5.32 Å². The Labute approximate surface area is 106 Å². The second-order valence-corrected chi connectivity index (χ2v) is 3.99. The Kier molecular flexibility index (Phi) is 3.79. The lowest BCUT2D eigenvalue weighted by atomic mass is 10.2. The number of aryl methyl sites for hydroxylation is 1. The van der Waals surface area contributed by atoms with E-state index in [1.807, 2.05) is 29.8 Å². The lowest BCUT2D eigenvalue weighted by Crippen LogP contribution is -2.16. The fourth-order valence-electron chi connectivity index (χ4n) is 1.84. The van der Waals surface area contributed by atoms with Gasteiger partial charge in [-0.3, -0.25) is 4.79 Å². The SMILES string of the molecule is CCn1cccc1C(=O)Nc1cccc(CO)c1. The largest absolute Gasteiger partial charge is 0.392 e. The number of aliphatic hydroxyl groups is 1. The molecule has 0 aliphatic rings. The number of nitrogens with zero attached hydrogens (tertiary/aromatic N) is 1. The van der Waals surface area contributed by atoms with Gasteiger partial charge in [0, 0.05) is 18.4 Å². The van der Waals surface area contributed by atoms with E-state index < -0.39 is 0 Å². The molecule has 0 aliphatic heterocycles. The highest BCUT2D eigenvalue weighted by Crippen LogP contribution is 2.12. The summed E-state index contributed by atoms with van der Waals surface area (Å²) < 4.78 is 1.88. The number of aromatic nitrogens is 1. The van der Waals surface area contributed by atoms with Gasteiger partial charge in [-0.1, -0.05) is 12.1 Å². The maximum atomic E-state index is 12.1. The van der Waals surface area contributed by atoms with Gasteiger partial charge in [-0.15, -0.1) is 0 Å². The number of benzene rings is 1. The van der Waals surface area contributed by atoms with E-state index in [4.69, 9.17) is 5.11 Å². The zero-order chi connectivity index (χ0) is 13.0. The standard InChI is InChI=1S/C14H16N2O2/c1-2-16-8-4-7-13(16)14(18)15-12-6-3-5-11(9-12)10-17/h3-9,17H,2,10H2,1H3,(H,15,18). The Morgan fingerprint density at radius 3 is 2.89 bits per heavy atom. The van der Waals surface area contributed by atoms with Crippen molar-refractivity contribution in [1.82, 2.24) is 4.57 Å². The molecular formula is C14H16N2O2. The zero-order valence-corrected chi connectivity index (χ0v) is 10.3. The summed E-state index contributed by atoms with van der Waals surface area (Å²) >= 11 is 0. The van der Waals surface area contributed by atoms with E-state index in [0.29, 0.717) is 11.4 Å². The van der Waals surface area contributed by atoms with Crippen molar-refractivity contribution < 1.29 is 9.90 Å². The first kappa shape index (κ1) is 12.4. The van der Waals surface area contributed by atoms with Crippen molar-refractivity contribution in [3.8, 4) is 0 Å². The molecule has 0 aliphatic carbocycles. The molecule has 1 amide bonds. The molecule has 18 heavy (non-hydrogen) atoms. The number of carbonyl (C=O) groups excluding carboxylic acids is 1.